The van der Waals surface area contributed by atoms with Gasteiger partial charge in [-0.05, 0) is 51.5 Å². The number of esters is 2. The molecule has 0 saturated heterocycles. The number of hydrogen-bond donors (Lipinski definition) is 1. The second kappa shape index (κ2) is 7.76. The lowest BCUT2D eigenvalue weighted by atomic mass is 10.1. The predicted molar refractivity (Wildman–Crippen MR) is 86.2 cm³/mol. The normalized spacial score (nSPS) is 10.8. The summed E-state index contributed by atoms with van der Waals surface area (Å²) in [5.41, 5.74) is 1.14. The summed E-state index contributed by atoms with van der Waals surface area (Å²) < 4.78 is 9.81. The Labute approximate surface area is 136 Å². The van der Waals surface area contributed by atoms with Crippen molar-refractivity contribution in [3.05, 3.63) is 29.3 Å². The smallest absolute Gasteiger partial charge is 0.338 e. The lowest BCUT2D eigenvalue weighted by Crippen LogP contribution is -2.24. The highest BCUT2D eigenvalue weighted by Gasteiger charge is 2.17. The fraction of sp³-hybridized carbons (Fsp3) is 0.471. The van der Waals surface area contributed by atoms with Crippen molar-refractivity contribution in [1.29, 1.82) is 0 Å². The highest BCUT2D eigenvalue weighted by molar-refractivity contribution is 5.95. The maximum absolute atomic E-state index is 11.9. The van der Waals surface area contributed by atoms with E-state index >= 15 is 0 Å². The molecule has 126 valence electrons. The molecule has 0 aromatic heterocycles. The molecule has 0 spiro atoms. The van der Waals surface area contributed by atoms with Gasteiger partial charge in [-0.1, -0.05) is 0 Å². The van der Waals surface area contributed by atoms with Crippen molar-refractivity contribution in [2.24, 2.45) is 0 Å². The van der Waals surface area contributed by atoms with Gasteiger partial charge in [0.2, 0.25) is 5.91 Å². The van der Waals surface area contributed by atoms with Crippen LogP contribution in [-0.4, -0.2) is 30.6 Å². The largest absolute Gasteiger partial charge is 0.465 e. The van der Waals surface area contributed by atoms with E-state index in [1.54, 1.807) is 45.9 Å². The van der Waals surface area contributed by atoms with Crippen molar-refractivity contribution in [2.45, 2.75) is 46.1 Å². The molecule has 0 radical (unpaired) electrons. The molecule has 6 heteroatoms. The number of methoxy groups -OCH3 is 1. The van der Waals surface area contributed by atoms with Gasteiger partial charge in [0.05, 0.1) is 19.1 Å². The van der Waals surface area contributed by atoms with E-state index in [0.29, 0.717) is 16.8 Å². The Morgan fingerprint density at radius 3 is 2.30 bits per heavy atom. The van der Waals surface area contributed by atoms with Gasteiger partial charge in [0.1, 0.15) is 5.60 Å². The lowest BCUT2D eigenvalue weighted by molar-refractivity contribution is -0.155. The molecule has 1 amide bonds. The molecule has 0 atom stereocenters. The van der Waals surface area contributed by atoms with E-state index in [0.717, 1.165) is 0 Å². The van der Waals surface area contributed by atoms with Crippen LogP contribution in [0, 0.1) is 6.92 Å². The van der Waals surface area contributed by atoms with Crippen LogP contribution in [0.1, 0.15) is 49.5 Å². The summed E-state index contributed by atoms with van der Waals surface area (Å²) in [5.74, 6) is -1.13. The quantitative estimate of drug-likeness (QED) is 0.843. The van der Waals surface area contributed by atoms with Crippen LogP contribution in [0.3, 0.4) is 0 Å². The standard InChI is InChI=1S/C17H23NO5/c1-11-10-12(6-7-13(11)16(21)22-5)18-14(19)8-9-15(20)23-17(2,3)4/h6-7,10H,8-9H2,1-5H3,(H,18,19). The zero-order chi connectivity index (χ0) is 17.6. The van der Waals surface area contributed by atoms with Gasteiger partial charge in [0.15, 0.2) is 0 Å². The minimum atomic E-state index is -0.561. The van der Waals surface area contributed by atoms with Crippen LogP contribution in [0.25, 0.3) is 0 Å². The Bertz CT molecular complexity index is 601. The van der Waals surface area contributed by atoms with Gasteiger partial charge in [0, 0.05) is 12.1 Å². The third kappa shape index (κ3) is 6.50. The first-order chi connectivity index (χ1) is 10.6. The first-order valence-corrected chi connectivity index (χ1v) is 7.33. The Morgan fingerprint density at radius 2 is 1.78 bits per heavy atom. The maximum atomic E-state index is 11.9. The molecule has 0 fully saturated rings. The van der Waals surface area contributed by atoms with Gasteiger partial charge in [-0.25, -0.2) is 4.79 Å². The number of amides is 1. The first-order valence-electron chi connectivity index (χ1n) is 7.33. The Balaban J connectivity index is 2.56. The third-order valence-corrected chi connectivity index (χ3v) is 2.89. The number of nitrogens with one attached hydrogen (secondary N) is 1. The van der Waals surface area contributed by atoms with Gasteiger partial charge >= 0.3 is 11.9 Å². The van der Waals surface area contributed by atoms with Crippen molar-refractivity contribution in [3.8, 4) is 0 Å². The summed E-state index contributed by atoms with van der Waals surface area (Å²) in [6.07, 6.45) is 0.0506. The first kappa shape index (κ1) is 18.7. The lowest BCUT2D eigenvalue weighted by Gasteiger charge is -2.19. The van der Waals surface area contributed by atoms with Crippen LogP contribution >= 0.6 is 0 Å². The molecule has 0 saturated carbocycles. The molecule has 1 rings (SSSR count). The fourth-order valence-corrected chi connectivity index (χ4v) is 1.91. The SMILES string of the molecule is COC(=O)c1ccc(NC(=O)CCC(=O)OC(C)(C)C)cc1C. The van der Waals surface area contributed by atoms with Gasteiger partial charge in [-0.15, -0.1) is 0 Å². The molecule has 0 aliphatic heterocycles. The van der Waals surface area contributed by atoms with Crippen molar-refractivity contribution in [2.75, 3.05) is 12.4 Å². The highest BCUT2D eigenvalue weighted by Crippen LogP contribution is 2.16. The van der Waals surface area contributed by atoms with Crippen LogP contribution in [0.2, 0.25) is 0 Å². The monoisotopic (exact) mass is 321 g/mol. The van der Waals surface area contributed by atoms with Crippen LogP contribution in [-0.2, 0) is 19.1 Å². The number of aryl methyl sites for hydroxylation is 1. The molecule has 0 heterocycles. The average Bonchev–Trinajstić information content (AvgIpc) is 2.43. The van der Waals surface area contributed by atoms with E-state index in [1.165, 1.54) is 7.11 Å². The molecule has 0 aliphatic rings. The summed E-state index contributed by atoms with van der Waals surface area (Å²) in [5, 5.41) is 2.69. The fourth-order valence-electron chi connectivity index (χ4n) is 1.91. The molecule has 6 nitrogen and oxygen atoms in total. The second-order valence-corrected chi connectivity index (χ2v) is 6.16. The molecule has 0 unspecified atom stereocenters. The minimum Gasteiger partial charge on any atom is -0.465 e. The summed E-state index contributed by atoms with van der Waals surface area (Å²) in [6.45, 7) is 7.08. The van der Waals surface area contributed by atoms with Crippen molar-refractivity contribution >= 4 is 23.5 Å². The van der Waals surface area contributed by atoms with E-state index in [9.17, 15) is 14.4 Å². The minimum absolute atomic E-state index is 0.0162. The van der Waals surface area contributed by atoms with Crippen LogP contribution < -0.4 is 5.32 Å². The Morgan fingerprint density at radius 1 is 1.13 bits per heavy atom. The average molecular weight is 321 g/mol. The summed E-state index contributed by atoms with van der Waals surface area (Å²) >= 11 is 0. The molecular weight excluding hydrogens is 298 g/mol. The highest BCUT2D eigenvalue weighted by atomic mass is 16.6. The second-order valence-electron chi connectivity index (χ2n) is 6.16. The molecule has 1 N–H and O–H groups in total. The summed E-state index contributed by atoms with van der Waals surface area (Å²) in [7, 11) is 1.31. The number of anilines is 1. The molecule has 1 aromatic carbocycles. The van der Waals surface area contributed by atoms with Crippen molar-refractivity contribution in [1.82, 2.24) is 0 Å². The summed E-state index contributed by atoms with van der Waals surface area (Å²) in [6, 6.07) is 4.88. The van der Waals surface area contributed by atoms with Crippen molar-refractivity contribution < 1.29 is 23.9 Å². The zero-order valence-electron chi connectivity index (χ0n) is 14.2. The number of hydrogen-bond acceptors (Lipinski definition) is 5. The molecule has 23 heavy (non-hydrogen) atoms. The molecular formula is C17H23NO5. The maximum Gasteiger partial charge on any atom is 0.338 e. The Hall–Kier alpha value is -2.37. The van der Waals surface area contributed by atoms with E-state index in [4.69, 9.17) is 4.74 Å². The van der Waals surface area contributed by atoms with Gasteiger partial charge < -0.3 is 14.8 Å². The number of rotatable bonds is 5. The predicted octanol–water partition coefficient (Wildman–Crippen LogP) is 2.84. The van der Waals surface area contributed by atoms with Gasteiger partial charge in [-0.2, -0.15) is 0 Å². The molecule has 1 aromatic rings. The van der Waals surface area contributed by atoms with E-state index in [1.807, 2.05) is 0 Å². The van der Waals surface area contributed by atoms with Gasteiger partial charge in [0.25, 0.3) is 0 Å². The topological polar surface area (TPSA) is 81.7 Å². The van der Waals surface area contributed by atoms with E-state index < -0.39 is 17.5 Å². The number of carbonyl (C=O) groups excluding carboxylic acids is 3. The molecule has 0 bridgehead atoms. The number of benzene rings is 1. The third-order valence-electron chi connectivity index (χ3n) is 2.89. The summed E-state index contributed by atoms with van der Waals surface area (Å²) in [4.78, 5) is 34.9. The van der Waals surface area contributed by atoms with Crippen LogP contribution in [0.15, 0.2) is 18.2 Å². The molecule has 0 aliphatic carbocycles. The van der Waals surface area contributed by atoms with E-state index in [2.05, 4.69) is 10.1 Å². The van der Waals surface area contributed by atoms with Crippen LogP contribution in [0.4, 0.5) is 5.69 Å². The van der Waals surface area contributed by atoms with Gasteiger partial charge in [-0.3, -0.25) is 9.59 Å². The zero-order valence-corrected chi connectivity index (χ0v) is 14.2. The van der Waals surface area contributed by atoms with E-state index in [-0.39, 0.29) is 18.7 Å². The number of ether oxygens (including phenoxy) is 2. The van der Waals surface area contributed by atoms with Crippen molar-refractivity contribution in [3.63, 3.8) is 0 Å². The number of carbonyl (C=O) groups is 3. The Kier molecular flexibility index (Phi) is 6.30. The van der Waals surface area contributed by atoms with Crippen LogP contribution in [0.5, 0.6) is 0 Å².